The second kappa shape index (κ2) is 12.3. The number of nitrogens with zero attached hydrogens (tertiary/aromatic N) is 4. The van der Waals surface area contributed by atoms with Gasteiger partial charge in [0.2, 0.25) is 0 Å². The minimum absolute atomic E-state index is 0.0419. The number of benzene rings is 2. The van der Waals surface area contributed by atoms with Crippen LogP contribution in [0, 0.1) is 18.3 Å². The van der Waals surface area contributed by atoms with Gasteiger partial charge in [-0.25, -0.2) is 4.79 Å². The van der Waals surface area contributed by atoms with Crippen LogP contribution in [0.5, 0.6) is 17.2 Å². The Morgan fingerprint density at radius 3 is 2.77 bits per heavy atom. The summed E-state index contributed by atoms with van der Waals surface area (Å²) in [7, 11) is 1.49. The summed E-state index contributed by atoms with van der Waals surface area (Å²) in [6, 6.07) is 14.6. The average Bonchev–Trinajstić information content (AvgIpc) is 2.99. The summed E-state index contributed by atoms with van der Waals surface area (Å²) in [6.45, 7) is 9.48. The van der Waals surface area contributed by atoms with E-state index in [0.717, 1.165) is 11.3 Å². The summed E-state index contributed by atoms with van der Waals surface area (Å²) in [4.78, 5) is 23.7. The first kappa shape index (κ1) is 29.9. The molecule has 1 fully saturated rings. The Balaban J connectivity index is 1.41. The highest BCUT2D eigenvalue weighted by atomic mass is 35.5. The van der Waals surface area contributed by atoms with Crippen molar-refractivity contribution in [3.8, 4) is 23.3 Å². The first-order valence-electron chi connectivity index (χ1n) is 13.8. The average molecular weight is 601 g/mol. The Hall–Kier alpha value is -4.59. The van der Waals surface area contributed by atoms with Crippen LogP contribution in [0.25, 0.3) is 10.9 Å². The van der Waals surface area contributed by atoms with Gasteiger partial charge in [0.15, 0.2) is 11.5 Å². The first-order valence-corrected chi connectivity index (χ1v) is 14.2. The van der Waals surface area contributed by atoms with Crippen LogP contribution >= 0.6 is 11.6 Å². The molecule has 1 atom stereocenters. The maximum absolute atomic E-state index is 13.2. The number of carbonyl (C=O) groups excluding carboxylic acids is 1. The minimum atomic E-state index is -0.473. The second-order valence-electron chi connectivity index (χ2n) is 11.1. The molecular formula is C32H33ClN6O4. The quantitative estimate of drug-likeness (QED) is 0.249. The van der Waals surface area contributed by atoms with Gasteiger partial charge in [-0.3, -0.25) is 9.97 Å². The third-order valence-electron chi connectivity index (χ3n) is 7.37. The van der Waals surface area contributed by atoms with Crippen LogP contribution in [0.15, 0.2) is 54.9 Å². The number of methoxy groups -OCH3 is 1. The molecule has 0 bridgehead atoms. The first-order chi connectivity index (χ1) is 20.6. The molecule has 4 aromatic rings. The fraction of sp³-hybridized carbons (Fsp3) is 0.312. The zero-order valence-electron chi connectivity index (χ0n) is 24.7. The molecule has 1 aliphatic heterocycles. The zero-order chi connectivity index (χ0) is 30.7. The number of hydrogen-bond donors (Lipinski definition) is 2. The van der Waals surface area contributed by atoms with Crippen molar-refractivity contribution in [2.24, 2.45) is 0 Å². The lowest BCUT2D eigenvalue weighted by Crippen LogP contribution is -2.62. The van der Waals surface area contributed by atoms with Crippen molar-refractivity contribution in [3.05, 3.63) is 76.7 Å². The maximum atomic E-state index is 13.2. The summed E-state index contributed by atoms with van der Waals surface area (Å²) in [5.41, 5.74) is 3.50. The van der Waals surface area contributed by atoms with E-state index < -0.39 is 6.09 Å². The van der Waals surface area contributed by atoms with E-state index in [1.54, 1.807) is 41.4 Å². The van der Waals surface area contributed by atoms with Gasteiger partial charge in [-0.05, 0) is 57.5 Å². The molecule has 43 heavy (non-hydrogen) atoms. The van der Waals surface area contributed by atoms with E-state index in [-0.39, 0.29) is 17.3 Å². The van der Waals surface area contributed by atoms with E-state index in [1.807, 2.05) is 39.8 Å². The van der Waals surface area contributed by atoms with Crippen LogP contribution in [0.3, 0.4) is 0 Å². The number of carbonyl (C=O) groups is 1. The summed E-state index contributed by atoms with van der Waals surface area (Å²) in [6.07, 6.45) is 2.72. The molecule has 1 saturated heterocycles. The van der Waals surface area contributed by atoms with Gasteiger partial charge < -0.3 is 29.7 Å². The summed E-state index contributed by atoms with van der Waals surface area (Å²) in [5, 5.41) is 17.6. The van der Waals surface area contributed by atoms with Crippen LogP contribution in [0.4, 0.5) is 16.2 Å². The van der Waals surface area contributed by atoms with E-state index in [9.17, 15) is 10.1 Å². The van der Waals surface area contributed by atoms with Crippen molar-refractivity contribution >= 4 is 40.0 Å². The van der Waals surface area contributed by atoms with Crippen molar-refractivity contribution in [2.75, 3.05) is 25.5 Å². The van der Waals surface area contributed by atoms with Gasteiger partial charge in [0.25, 0.3) is 0 Å². The molecule has 3 heterocycles. The van der Waals surface area contributed by atoms with Crippen molar-refractivity contribution in [3.63, 3.8) is 0 Å². The Morgan fingerprint density at radius 1 is 1.23 bits per heavy atom. The van der Waals surface area contributed by atoms with Gasteiger partial charge >= 0.3 is 6.09 Å². The number of piperazine rings is 1. The molecular weight excluding hydrogens is 568 g/mol. The molecule has 0 radical (unpaired) electrons. The number of nitrogens with one attached hydrogen (secondary N) is 2. The van der Waals surface area contributed by atoms with Crippen LogP contribution in [0.1, 0.15) is 37.6 Å². The molecule has 2 N–H and O–H groups in total. The lowest BCUT2D eigenvalue weighted by molar-refractivity contribution is 0.0904. The number of halogens is 1. The van der Waals surface area contributed by atoms with Crippen molar-refractivity contribution in [2.45, 2.75) is 45.9 Å². The fourth-order valence-electron chi connectivity index (χ4n) is 4.87. The molecule has 11 heteroatoms. The summed E-state index contributed by atoms with van der Waals surface area (Å²) < 4.78 is 17.3. The van der Waals surface area contributed by atoms with Crippen molar-refractivity contribution in [1.29, 1.82) is 5.26 Å². The molecule has 0 spiro atoms. The number of aryl methyl sites for hydroxylation is 1. The normalized spacial score (nSPS) is 15.9. The number of amides is 1. The Morgan fingerprint density at radius 2 is 2.05 bits per heavy atom. The predicted octanol–water partition coefficient (Wildman–Crippen LogP) is 6.37. The third kappa shape index (κ3) is 6.58. The predicted molar refractivity (Wildman–Crippen MR) is 165 cm³/mol. The standard InChI is InChI=1S/C32H33ClN6O4/c1-19-7-6-10-35-27(19)17-42-22-8-9-25(24(33)11-22)38-30-21(14-34)16-36-26-13-29(28(41-5)12-23(26)30)43-31(40)39-18-32(3,4)37-15-20(39)2/h6-13,16,20,37H,15,17-18H2,1-5H3,(H,36,38)/t20-/m0/s1. The van der Waals surface area contributed by atoms with Crippen LogP contribution in [-0.4, -0.2) is 52.7 Å². The number of pyridine rings is 2. The maximum Gasteiger partial charge on any atom is 0.415 e. The largest absolute Gasteiger partial charge is 0.493 e. The van der Waals surface area contributed by atoms with Gasteiger partial charge in [-0.1, -0.05) is 17.7 Å². The number of aromatic nitrogens is 2. The summed E-state index contributed by atoms with van der Waals surface area (Å²) >= 11 is 6.64. The van der Waals surface area contributed by atoms with Crippen LogP contribution < -0.4 is 24.8 Å². The van der Waals surface area contributed by atoms with Gasteiger partial charge in [0, 0.05) is 54.6 Å². The Labute approximate surface area is 255 Å². The summed E-state index contributed by atoms with van der Waals surface area (Å²) in [5.74, 6) is 1.13. The van der Waals surface area contributed by atoms with Crippen LogP contribution in [-0.2, 0) is 6.61 Å². The second-order valence-corrected chi connectivity index (χ2v) is 11.5. The fourth-order valence-corrected chi connectivity index (χ4v) is 5.09. The lowest BCUT2D eigenvalue weighted by atomic mass is 10.00. The minimum Gasteiger partial charge on any atom is -0.493 e. The van der Waals surface area contributed by atoms with Gasteiger partial charge in [0.05, 0.1) is 40.3 Å². The Kier molecular flexibility index (Phi) is 8.57. The highest BCUT2D eigenvalue weighted by molar-refractivity contribution is 6.33. The van der Waals surface area contributed by atoms with Crippen molar-refractivity contribution in [1.82, 2.24) is 20.2 Å². The smallest absolute Gasteiger partial charge is 0.415 e. The monoisotopic (exact) mass is 600 g/mol. The number of anilines is 2. The molecule has 0 saturated carbocycles. The molecule has 0 aliphatic carbocycles. The van der Waals surface area contributed by atoms with E-state index >= 15 is 0 Å². The van der Waals surface area contributed by atoms with E-state index in [1.165, 1.54) is 13.3 Å². The van der Waals surface area contributed by atoms with Crippen molar-refractivity contribution < 1.29 is 19.0 Å². The number of ether oxygens (including phenoxy) is 3. The topological polar surface area (TPSA) is 122 Å². The van der Waals surface area contributed by atoms with Gasteiger partial charge in [-0.2, -0.15) is 5.26 Å². The van der Waals surface area contributed by atoms with Crippen LogP contribution in [0.2, 0.25) is 5.02 Å². The molecule has 1 amide bonds. The number of nitriles is 1. The van der Waals surface area contributed by atoms with Gasteiger partial charge in [0.1, 0.15) is 18.4 Å². The van der Waals surface area contributed by atoms with E-state index in [0.29, 0.717) is 64.1 Å². The van der Waals surface area contributed by atoms with Gasteiger partial charge in [-0.15, -0.1) is 0 Å². The molecule has 5 rings (SSSR count). The molecule has 10 nitrogen and oxygen atoms in total. The highest BCUT2D eigenvalue weighted by Gasteiger charge is 2.34. The number of rotatable bonds is 7. The zero-order valence-corrected chi connectivity index (χ0v) is 25.5. The SMILES string of the molecule is COc1cc2c(Nc3ccc(OCc4ncccc4C)cc3Cl)c(C#N)cnc2cc1OC(=O)N1CC(C)(C)NC[C@@H]1C. The Bertz CT molecular complexity index is 1720. The molecule has 1 aliphatic rings. The highest BCUT2D eigenvalue weighted by Crippen LogP contribution is 2.39. The third-order valence-corrected chi connectivity index (χ3v) is 7.69. The van der Waals surface area contributed by atoms with E-state index in [2.05, 4.69) is 26.7 Å². The van der Waals surface area contributed by atoms with E-state index in [4.69, 9.17) is 25.8 Å². The molecule has 222 valence electrons. The number of fused-ring (bicyclic) bond motifs is 1. The molecule has 2 aromatic heterocycles. The molecule has 2 aromatic carbocycles. The lowest BCUT2D eigenvalue weighted by Gasteiger charge is -2.42. The molecule has 0 unspecified atom stereocenters. The number of hydrogen-bond acceptors (Lipinski definition) is 9.